The van der Waals surface area contributed by atoms with Crippen molar-refractivity contribution >= 4 is 5.69 Å². The molecule has 2 aromatic carbocycles. The van der Waals surface area contributed by atoms with E-state index in [-0.39, 0.29) is 0 Å². The van der Waals surface area contributed by atoms with Crippen molar-refractivity contribution in [3.63, 3.8) is 0 Å². The first-order valence-electron chi connectivity index (χ1n) is 6.00. The molecule has 0 bridgehead atoms. The van der Waals surface area contributed by atoms with Gasteiger partial charge in [0.15, 0.2) is 0 Å². The predicted molar refractivity (Wildman–Crippen MR) is 74.4 cm³/mol. The van der Waals surface area contributed by atoms with E-state index in [1.165, 1.54) is 16.7 Å². The molecule has 2 heteroatoms. The minimum absolute atomic E-state index is 0.683. The molecule has 0 aliphatic rings. The number of aryl methyl sites for hydroxylation is 2. The number of hydrogen-bond acceptors (Lipinski definition) is 2. The summed E-state index contributed by atoms with van der Waals surface area (Å²) in [6.07, 6.45) is 0. The van der Waals surface area contributed by atoms with Crippen molar-refractivity contribution in [2.45, 2.75) is 20.4 Å². The van der Waals surface area contributed by atoms with Crippen LogP contribution in [0.15, 0.2) is 42.5 Å². The Hall–Kier alpha value is -2.27. The Kier molecular flexibility index (Phi) is 3.64. The standard InChI is InChI=1S/C16H16N2/c1-12-7-8-13(2)15(9-12)11-18-16-6-4-3-5-14(16)10-17/h3-9,18H,11H2,1-2H3. The second-order valence-corrected chi connectivity index (χ2v) is 4.44. The normalized spacial score (nSPS) is 9.83. The van der Waals surface area contributed by atoms with Crippen molar-refractivity contribution in [1.29, 1.82) is 5.26 Å². The van der Waals surface area contributed by atoms with Crippen molar-refractivity contribution in [3.05, 3.63) is 64.7 Å². The third-order valence-corrected chi connectivity index (χ3v) is 3.02. The van der Waals surface area contributed by atoms with Crippen LogP contribution in [-0.2, 0) is 6.54 Å². The monoisotopic (exact) mass is 236 g/mol. The highest BCUT2D eigenvalue weighted by Crippen LogP contribution is 2.17. The average Bonchev–Trinajstić information content (AvgIpc) is 2.40. The molecule has 2 nitrogen and oxygen atoms in total. The Labute approximate surface area is 108 Å². The first-order chi connectivity index (χ1) is 8.70. The SMILES string of the molecule is Cc1ccc(C)c(CNc2ccccc2C#N)c1. The molecule has 1 N–H and O–H groups in total. The lowest BCUT2D eigenvalue weighted by Crippen LogP contribution is -2.03. The second kappa shape index (κ2) is 5.37. The van der Waals surface area contributed by atoms with Gasteiger partial charge in [-0.1, -0.05) is 35.9 Å². The van der Waals surface area contributed by atoms with Gasteiger partial charge in [-0.05, 0) is 37.1 Å². The molecule has 0 amide bonds. The fourth-order valence-corrected chi connectivity index (χ4v) is 1.92. The highest BCUT2D eigenvalue weighted by molar-refractivity contribution is 5.57. The van der Waals surface area contributed by atoms with Crippen LogP contribution in [0.25, 0.3) is 0 Å². The van der Waals surface area contributed by atoms with Crippen molar-refractivity contribution in [2.75, 3.05) is 5.32 Å². The minimum Gasteiger partial charge on any atom is -0.380 e. The fourth-order valence-electron chi connectivity index (χ4n) is 1.92. The second-order valence-electron chi connectivity index (χ2n) is 4.44. The molecule has 0 saturated heterocycles. The zero-order valence-corrected chi connectivity index (χ0v) is 10.7. The van der Waals surface area contributed by atoms with Gasteiger partial charge in [-0.15, -0.1) is 0 Å². The van der Waals surface area contributed by atoms with Gasteiger partial charge in [0.25, 0.3) is 0 Å². The van der Waals surface area contributed by atoms with E-state index >= 15 is 0 Å². The van der Waals surface area contributed by atoms with E-state index in [9.17, 15) is 0 Å². The molecule has 2 rings (SSSR count). The first-order valence-corrected chi connectivity index (χ1v) is 6.00. The topological polar surface area (TPSA) is 35.8 Å². The summed E-state index contributed by atoms with van der Waals surface area (Å²) in [6.45, 7) is 4.94. The molecule has 0 heterocycles. The zero-order valence-electron chi connectivity index (χ0n) is 10.7. The van der Waals surface area contributed by atoms with E-state index in [0.717, 1.165) is 12.2 Å². The van der Waals surface area contributed by atoms with Crippen LogP contribution in [0, 0.1) is 25.2 Å². The number of rotatable bonds is 3. The van der Waals surface area contributed by atoms with Gasteiger partial charge in [0.05, 0.1) is 11.3 Å². The van der Waals surface area contributed by atoms with Crippen LogP contribution >= 0.6 is 0 Å². The van der Waals surface area contributed by atoms with Crippen LogP contribution in [0.3, 0.4) is 0 Å². The Morgan fingerprint density at radius 3 is 2.67 bits per heavy atom. The molecular formula is C16H16N2. The molecule has 0 atom stereocenters. The van der Waals surface area contributed by atoms with Crippen LogP contribution in [-0.4, -0.2) is 0 Å². The summed E-state index contributed by atoms with van der Waals surface area (Å²) >= 11 is 0. The number of nitrogens with zero attached hydrogens (tertiary/aromatic N) is 1. The summed E-state index contributed by atoms with van der Waals surface area (Å²) in [5, 5.41) is 12.4. The lowest BCUT2D eigenvalue weighted by Gasteiger charge is -2.11. The molecular weight excluding hydrogens is 220 g/mol. The minimum atomic E-state index is 0.683. The van der Waals surface area contributed by atoms with Gasteiger partial charge in [-0.2, -0.15) is 5.26 Å². The molecule has 0 radical (unpaired) electrons. The van der Waals surface area contributed by atoms with Gasteiger partial charge in [0, 0.05) is 6.54 Å². The molecule has 2 aromatic rings. The van der Waals surface area contributed by atoms with Crippen LogP contribution < -0.4 is 5.32 Å². The predicted octanol–water partition coefficient (Wildman–Crippen LogP) is 3.79. The summed E-state index contributed by atoms with van der Waals surface area (Å²) in [4.78, 5) is 0. The molecule has 0 aliphatic carbocycles. The Morgan fingerprint density at radius 2 is 1.89 bits per heavy atom. The molecule has 0 spiro atoms. The lowest BCUT2D eigenvalue weighted by atomic mass is 10.1. The zero-order chi connectivity index (χ0) is 13.0. The van der Waals surface area contributed by atoms with Crippen LogP contribution in [0.1, 0.15) is 22.3 Å². The van der Waals surface area contributed by atoms with E-state index in [4.69, 9.17) is 5.26 Å². The van der Waals surface area contributed by atoms with E-state index < -0.39 is 0 Å². The van der Waals surface area contributed by atoms with Crippen LogP contribution in [0.5, 0.6) is 0 Å². The maximum Gasteiger partial charge on any atom is 0.101 e. The van der Waals surface area contributed by atoms with Gasteiger partial charge in [-0.3, -0.25) is 0 Å². The lowest BCUT2D eigenvalue weighted by molar-refractivity contribution is 1.11. The Bertz CT molecular complexity index is 594. The van der Waals surface area contributed by atoms with E-state index in [2.05, 4.69) is 43.4 Å². The summed E-state index contributed by atoms with van der Waals surface area (Å²) < 4.78 is 0. The summed E-state index contributed by atoms with van der Waals surface area (Å²) in [6, 6.07) is 16.2. The summed E-state index contributed by atoms with van der Waals surface area (Å²) in [7, 11) is 0. The smallest absolute Gasteiger partial charge is 0.101 e. The Morgan fingerprint density at radius 1 is 1.11 bits per heavy atom. The van der Waals surface area contributed by atoms with Crippen molar-refractivity contribution in [3.8, 4) is 6.07 Å². The van der Waals surface area contributed by atoms with Gasteiger partial charge in [0.1, 0.15) is 6.07 Å². The Balaban J connectivity index is 2.17. The summed E-state index contributed by atoms with van der Waals surface area (Å²) in [5.74, 6) is 0. The van der Waals surface area contributed by atoms with Gasteiger partial charge < -0.3 is 5.32 Å². The maximum atomic E-state index is 9.02. The van der Waals surface area contributed by atoms with E-state index in [1.54, 1.807) is 0 Å². The van der Waals surface area contributed by atoms with Crippen molar-refractivity contribution in [1.82, 2.24) is 0 Å². The molecule has 0 saturated carbocycles. The fraction of sp³-hybridized carbons (Fsp3) is 0.188. The number of nitriles is 1. The molecule has 0 unspecified atom stereocenters. The number of benzene rings is 2. The number of anilines is 1. The highest BCUT2D eigenvalue weighted by Gasteiger charge is 2.02. The first kappa shape index (κ1) is 12.2. The van der Waals surface area contributed by atoms with Gasteiger partial charge in [0.2, 0.25) is 0 Å². The molecule has 90 valence electrons. The van der Waals surface area contributed by atoms with Crippen LogP contribution in [0.2, 0.25) is 0 Å². The van der Waals surface area contributed by atoms with Gasteiger partial charge in [-0.25, -0.2) is 0 Å². The third kappa shape index (κ3) is 2.70. The number of nitrogens with one attached hydrogen (secondary N) is 1. The largest absolute Gasteiger partial charge is 0.380 e. The maximum absolute atomic E-state index is 9.02. The average molecular weight is 236 g/mol. The van der Waals surface area contributed by atoms with Crippen molar-refractivity contribution < 1.29 is 0 Å². The summed E-state index contributed by atoms with van der Waals surface area (Å²) in [5.41, 5.74) is 5.36. The molecule has 18 heavy (non-hydrogen) atoms. The quantitative estimate of drug-likeness (QED) is 0.880. The van der Waals surface area contributed by atoms with E-state index in [1.807, 2.05) is 24.3 Å². The van der Waals surface area contributed by atoms with Gasteiger partial charge >= 0.3 is 0 Å². The number of hydrogen-bond donors (Lipinski definition) is 1. The van der Waals surface area contributed by atoms with Crippen LogP contribution in [0.4, 0.5) is 5.69 Å². The van der Waals surface area contributed by atoms with Crippen molar-refractivity contribution in [2.24, 2.45) is 0 Å². The highest BCUT2D eigenvalue weighted by atomic mass is 14.9. The molecule has 0 aliphatic heterocycles. The molecule has 0 fully saturated rings. The number of para-hydroxylation sites is 1. The third-order valence-electron chi connectivity index (χ3n) is 3.02. The molecule has 0 aromatic heterocycles. The van der Waals surface area contributed by atoms with E-state index in [0.29, 0.717) is 5.56 Å².